The summed E-state index contributed by atoms with van der Waals surface area (Å²) in [6.45, 7) is 3.26. The van der Waals surface area contributed by atoms with Gasteiger partial charge in [0.2, 0.25) is 5.91 Å². The van der Waals surface area contributed by atoms with Crippen molar-refractivity contribution in [2.45, 2.75) is 23.6 Å². The molecule has 0 aliphatic heterocycles. The summed E-state index contributed by atoms with van der Waals surface area (Å²) in [6, 6.07) is 23.0. The zero-order valence-electron chi connectivity index (χ0n) is 21.4. The molecule has 0 fully saturated rings. The van der Waals surface area contributed by atoms with Crippen molar-refractivity contribution < 1.29 is 21.6 Å². The van der Waals surface area contributed by atoms with Crippen LogP contribution in [0.15, 0.2) is 101 Å². The fourth-order valence-corrected chi connectivity index (χ4v) is 6.66. The predicted octanol–water partition coefficient (Wildman–Crippen LogP) is 6.25. The zero-order valence-corrected chi connectivity index (χ0v) is 24.6. The lowest BCUT2D eigenvalue weighted by Crippen LogP contribution is -2.38. The first-order valence-corrected chi connectivity index (χ1v) is 15.6. The minimum atomic E-state index is -4.07. The van der Waals surface area contributed by atoms with Gasteiger partial charge in [0.25, 0.3) is 20.0 Å². The Morgan fingerprint density at radius 3 is 2.10 bits per heavy atom. The number of aryl methyl sites for hydroxylation is 2. The van der Waals surface area contributed by atoms with Crippen molar-refractivity contribution in [2.24, 2.45) is 0 Å². The normalized spacial score (nSPS) is 11.6. The van der Waals surface area contributed by atoms with Gasteiger partial charge in [0, 0.05) is 5.69 Å². The fourth-order valence-electron chi connectivity index (χ4n) is 3.75. The maximum absolute atomic E-state index is 13.5. The van der Waals surface area contributed by atoms with E-state index in [-0.39, 0.29) is 31.2 Å². The van der Waals surface area contributed by atoms with Crippen molar-refractivity contribution in [1.82, 2.24) is 0 Å². The summed E-state index contributed by atoms with van der Waals surface area (Å²) in [5.74, 6) is -0.614. The molecule has 0 saturated carbocycles. The van der Waals surface area contributed by atoms with Crippen LogP contribution in [0.25, 0.3) is 0 Å². The third-order valence-corrected chi connectivity index (χ3v) is 10.0. The number of anilines is 3. The van der Waals surface area contributed by atoms with E-state index >= 15 is 0 Å². The van der Waals surface area contributed by atoms with E-state index in [0.717, 1.165) is 15.4 Å². The summed E-state index contributed by atoms with van der Waals surface area (Å²) in [6.07, 6.45) is 0. The number of nitrogens with zero attached hydrogens (tertiary/aromatic N) is 1. The van der Waals surface area contributed by atoms with Crippen LogP contribution < -0.4 is 14.3 Å². The van der Waals surface area contributed by atoms with Crippen LogP contribution in [0.2, 0.25) is 10.0 Å². The molecule has 40 heavy (non-hydrogen) atoms. The SMILES string of the molecule is Cc1ccc(N(CC(=O)Nc2ccc(S(=O)(=O)Nc3cccc(Cl)c3Cl)cc2)S(=O)(=O)c2ccccc2)cc1C. The molecular weight excluding hydrogens is 593 g/mol. The maximum Gasteiger partial charge on any atom is 0.264 e. The van der Waals surface area contributed by atoms with Gasteiger partial charge in [-0.2, -0.15) is 0 Å². The van der Waals surface area contributed by atoms with Gasteiger partial charge in [-0.05, 0) is 85.6 Å². The molecule has 0 bridgehead atoms. The Morgan fingerprint density at radius 1 is 0.775 bits per heavy atom. The minimum absolute atomic E-state index is 0.0443. The van der Waals surface area contributed by atoms with Crippen LogP contribution in [0.4, 0.5) is 17.1 Å². The summed E-state index contributed by atoms with van der Waals surface area (Å²) < 4.78 is 56.1. The van der Waals surface area contributed by atoms with Gasteiger partial charge in [0.1, 0.15) is 6.54 Å². The van der Waals surface area contributed by atoms with E-state index in [1.165, 1.54) is 48.5 Å². The number of sulfonamides is 2. The molecule has 0 aliphatic carbocycles. The van der Waals surface area contributed by atoms with Gasteiger partial charge >= 0.3 is 0 Å². The summed E-state index contributed by atoms with van der Waals surface area (Å²) in [7, 11) is -8.07. The number of hydrogen-bond donors (Lipinski definition) is 2. The number of nitrogens with one attached hydrogen (secondary N) is 2. The van der Waals surface area contributed by atoms with Crippen molar-refractivity contribution in [3.63, 3.8) is 0 Å². The van der Waals surface area contributed by atoms with Crippen LogP contribution in [0, 0.1) is 13.8 Å². The molecule has 0 heterocycles. The van der Waals surface area contributed by atoms with Crippen molar-refractivity contribution >= 4 is 66.2 Å². The molecule has 8 nitrogen and oxygen atoms in total. The molecule has 4 rings (SSSR count). The predicted molar refractivity (Wildman–Crippen MR) is 159 cm³/mol. The van der Waals surface area contributed by atoms with Gasteiger partial charge in [0.05, 0.1) is 31.2 Å². The molecule has 4 aromatic carbocycles. The quantitative estimate of drug-likeness (QED) is 0.231. The number of hydrogen-bond acceptors (Lipinski definition) is 5. The Kier molecular flexibility index (Phi) is 8.74. The number of carbonyl (C=O) groups excluding carboxylic acids is 1. The molecule has 0 saturated heterocycles. The van der Waals surface area contributed by atoms with Crippen LogP contribution in [-0.4, -0.2) is 29.3 Å². The fraction of sp³-hybridized carbons (Fsp3) is 0.107. The summed E-state index contributed by atoms with van der Waals surface area (Å²) in [5, 5.41) is 2.90. The van der Waals surface area contributed by atoms with E-state index < -0.39 is 32.5 Å². The first-order valence-electron chi connectivity index (χ1n) is 11.9. The molecule has 0 aromatic heterocycles. The number of benzene rings is 4. The molecule has 0 atom stereocenters. The van der Waals surface area contributed by atoms with E-state index in [1.54, 1.807) is 42.5 Å². The summed E-state index contributed by atoms with van der Waals surface area (Å²) in [4.78, 5) is 13.0. The second-order valence-electron chi connectivity index (χ2n) is 8.87. The van der Waals surface area contributed by atoms with E-state index in [9.17, 15) is 21.6 Å². The van der Waals surface area contributed by atoms with Crippen LogP contribution in [0.1, 0.15) is 11.1 Å². The summed E-state index contributed by atoms with van der Waals surface area (Å²) in [5.41, 5.74) is 2.59. The Balaban J connectivity index is 1.54. The van der Waals surface area contributed by atoms with Gasteiger partial charge in [0.15, 0.2) is 0 Å². The van der Waals surface area contributed by atoms with E-state index in [4.69, 9.17) is 23.2 Å². The highest BCUT2D eigenvalue weighted by molar-refractivity contribution is 7.93. The molecule has 0 radical (unpaired) electrons. The topological polar surface area (TPSA) is 113 Å². The average Bonchev–Trinajstić information content (AvgIpc) is 2.92. The highest BCUT2D eigenvalue weighted by atomic mass is 35.5. The second kappa shape index (κ2) is 11.9. The van der Waals surface area contributed by atoms with E-state index in [2.05, 4.69) is 10.0 Å². The maximum atomic E-state index is 13.5. The number of rotatable bonds is 9. The van der Waals surface area contributed by atoms with Crippen molar-refractivity contribution in [3.05, 3.63) is 112 Å². The number of halogens is 2. The van der Waals surface area contributed by atoms with Gasteiger partial charge in [-0.1, -0.05) is 53.5 Å². The molecule has 12 heteroatoms. The lowest BCUT2D eigenvalue weighted by atomic mass is 10.1. The van der Waals surface area contributed by atoms with Crippen molar-refractivity contribution in [2.75, 3.05) is 20.9 Å². The lowest BCUT2D eigenvalue weighted by molar-refractivity contribution is -0.114. The van der Waals surface area contributed by atoms with Crippen LogP contribution in [0.3, 0.4) is 0 Å². The third-order valence-electron chi connectivity index (χ3n) is 6.04. The highest BCUT2D eigenvalue weighted by Crippen LogP contribution is 2.31. The van der Waals surface area contributed by atoms with Crippen molar-refractivity contribution in [3.8, 4) is 0 Å². The molecule has 2 N–H and O–H groups in total. The van der Waals surface area contributed by atoms with Crippen LogP contribution in [0.5, 0.6) is 0 Å². The molecule has 0 aliphatic rings. The van der Waals surface area contributed by atoms with Crippen LogP contribution in [-0.2, 0) is 24.8 Å². The number of amides is 1. The Bertz CT molecular complexity index is 1760. The van der Waals surface area contributed by atoms with Crippen molar-refractivity contribution in [1.29, 1.82) is 0 Å². The standard InChI is InChI=1S/C28H25Cl2N3O5S2/c1-19-11-14-22(17-20(19)2)33(40(37,38)24-7-4-3-5-8-24)18-27(34)31-21-12-15-23(16-13-21)39(35,36)32-26-10-6-9-25(29)28(26)30/h3-17,32H,18H2,1-2H3,(H,31,34). The highest BCUT2D eigenvalue weighted by Gasteiger charge is 2.27. The van der Waals surface area contributed by atoms with Gasteiger partial charge < -0.3 is 5.32 Å². The zero-order chi connectivity index (χ0) is 29.1. The third kappa shape index (κ3) is 6.59. The first kappa shape index (κ1) is 29.4. The molecule has 0 spiro atoms. The molecular formula is C28H25Cl2N3O5S2. The van der Waals surface area contributed by atoms with E-state index in [1.807, 2.05) is 13.8 Å². The molecule has 0 unspecified atom stereocenters. The van der Waals surface area contributed by atoms with Gasteiger partial charge in [-0.3, -0.25) is 13.8 Å². The second-order valence-corrected chi connectivity index (χ2v) is 13.2. The van der Waals surface area contributed by atoms with Gasteiger partial charge in [-0.25, -0.2) is 16.8 Å². The Hall–Kier alpha value is -3.57. The Morgan fingerprint density at radius 2 is 1.45 bits per heavy atom. The average molecular weight is 619 g/mol. The number of carbonyl (C=O) groups is 1. The van der Waals surface area contributed by atoms with E-state index in [0.29, 0.717) is 5.69 Å². The minimum Gasteiger partial charge on any atom is -0.325 e. The summed E-state index contributed by atoms with van der Waals surface area (Å²) >= 11 is 12.1. The first-order chi connectivity index (χ1) is 18.9. The largest absolute Gasteiger partial charge is 0.325 e. The smallest absolute Gasteiger partial charge is 0.264 e. The molecule has 4 aromatic rings. The lowest BCUT2D eigenvalue weighted by Gasteiger charge is -2.25. The van der Waals surface area contributed by atoms with Gasteiger partial charge in [-0.15, -0.1) is 0 Å². The molecule has 208 valence electrons. The monoisotopic (exact) mass is 617 g/mol. The Labute approximate surface area is 243 Å². The van der Waals surface area contributed by atoms with Crippen LogP contribution >= 0.6 is 23.2 Å². The molecule has 1 amide bonds.